The molecule has 33 heavy (non-hydrogen) atoms. The predicted octanol–water partition coefficient (Wildman–Crippen LogP) is 4.60. The average Bonchev–Trinajstić information content (AvgIpc) is 3.31. The van der Waals surface area contributed by atoms with Gasteiger partial charge in [-0.15, -0.1) is 10.2 Å². The second kappa shape index (κ2) is 10.9. The fourth-order valence-corrected chi connectivity index (χ4v) is 5.51. The average molecular weight is 484 g/mol. The van der Waals surface area contributed by atoms with Gasteiger partial charge in [-0.05, 0) is 48.7 Å². The molecule has 4 rings (SSSR count). The lowest BCUT2D eigenvalue weighted by Gasteiger charge is -2.36. The van der Waals surface area contributed by atoms with Crippen LogP contribution in [-0.2, 0) is 11.2 Å². The summed E-state index contributed by atoms with van der Waals surface area (Å²) >= 11 is 2.94. The van der Waals surface area contributed by atoms with E-state index < -0.39 is 0 Å². The van der Waals surface area contributed by atoms with Gasteiger partial charge in [-0.1, -0.05) is 48.2 Å². The molecule has 0 unspecified atom stereocenters. The molecule has 1 aliphatic heterocycles. The van der Waals surface area contributed by atoms with Gasteiger partial charge in [0.2, 0.25) is 11.0 Å². The van der Waals surface area contributed by atoms with Crippen LogP contribution in [0.5, 0.6) is 5.75 Å². The van der Waals surface area contributed by atoms with Crippen LogP contribution in [0.25, 0.3) is 0 Å². The Bertz CT molecular complexity index is 1080. The first-order valence-corrected chi connectivity index (χ1v) is 12.9. The molecule has 1 aromatic heterocycles. The predicted molar refractivity (Wildman–Crippen MR) is 136 cm³/mol. The number of ether oxygens (including phenoxy) is 1. The molecule has 174 valence electrons. The SMILES string of the molecule is CCc1cccc(C)c1Nc1nnc(SCC(=O)N2CCN(c3ccc(OC)cc3)CC2)s1. The molecule has 0 bridgehead atoms. The molecule has 0 radical (unpaired) electrons. The lowest BCUT2D eigenvalue weighted by Crippen LogP contribution is -2.49. The summed E-state index contributed by atoms with van der Waals surface area (Å²) in [5.41, 5.74) is 4.69. The molecule has 0 atom stereocenters. The number of para-hydroxylation sites is 1. The number of aromatic nitrogens is 2. The van der Waals surface area contributed by atoms with Crippen LogP contribution in [0.3, 0.4) is 0 Å². The van der Waals surface area contributed by atoms with E-state index in [2.05, 4.69) is 64.6 Å². The third-order valence-corrected chi connectivity index (χ3v) is 7.72. The lowest BCUT2D eigenvalue weighted by molar-refractivity contribution is -0.128. The summed E-state index contributed by atoms with van der Waals surface area (Å²) in [7, 11) is 1.67. The van der Waals surface area contributed by atoms with E-state index in [1.807, 2.05) is 17.0 Å². The van der Waals surface area contributed by atoms with Gasteiger partial charge in [-0.25, -0.2) is 0 Å². The molecule has 7 nitrogen and oxygen atoms in total. The zero-order valence-electron chi connectivity index (χ0n) is 19.2. The van der Waals surface area contributed by atoms with Crippen LogP contribution >= 0.6 is 23.1 Å². The largest absolute Gasteiger partial charge is 0.497 e. The maximum absolute atomic E-state index is 12.7. The monoisotopic (exact) mass is 483 g/mol. The van der Waals surface area contributed by atoms with Crippen LogP contribution in [0.4, 0.5) is 16.5 Å². The van der Waals surface area contributed by atoms with Gasteiger partial charge in [0.25, 0.3) is 0 Å². The smallest absolute Gasteiger partial charge is 0.233 e. The number of hydrogen-bond donors (Lipinski definition) is 1. The minimum Gasteiger partial charge on any atom is -0.497 e. The molecule has 0 saturated carbocycles. The van der Waals surface area contributed by atoms with Gasteiger partial charge in [0.15, 0.2) is 4.34 Å². The van der Waals surface area contributed by atoms with E-state index in [9.17, 15) is 4.79 Å². The minimum absolute atomic E-state index is 0.145. The number of nitrogens with zero attached hydrogens (tertiary/aromatic N) is 4. The van der Waals surface area contributed by atoms with Crippen LogP contribution in [0.2, 0.25) is 0 Å². The quantitative estimate of drug-likeness (QED) is 0.470. The van der Waals surface area contributed by atoms with Crippen molar-refractivity contribution < 1.29 is 9.53 Å². The molecule has 1 fully saturated rings. The van der Waals surface area contributed by atoms with Crippen molar-refractivity contribution >= 4 is 45.5 Å². The highest BCUT2D eigenvalue weighted by Crippen LogP contribution is 2.31. The van der Waals surface area contributed by atoms with Crippen LogP contribution in [0.15, 0.2) is 46.8 Å². The number of carbonyl (C=O) groups excluding carboxylic acids is 1. The number of piperazine rings is 1. The lowest BCUT2D eigenvalue weighted by atomic mass is 10.1. The van der Waals surface area contributed by atoms with E-state index >= 15 is 0 Å². The Balaban J connectivity index is 1.26. The van der Waals surface area contributed by atoms with E-state index in [1.165, 1.54) is 34.2 Å². The molecule has 1 aliphatic rings. The summed E-state index contributed by atoms with van der Waals surface area (Å²) in [5.74, 6) is 1.37. The molecular formula is C24H29N5O2S2. The van der Waals surface area contributed by atoms with Crippen LogP contribution in [0.1, 0.15) is 18.1 Å². The number of methoxy groups -OCH3 is 1. The molecule has 1 amide bonds. The van der Waals surface area contributed by atoms with Gasteiger partial charge >= 0.3 is 0 Å². The van der Waals surface area contributed by atoms with Crippen molar-refractivity contribution in [1.82, 2.24) is 15.1 Å². The fourth-order valence-electron chi connectivity index (χ4n) is 3.85. The second-order valence-electron chi connectivity index (χ2n) is 7.82. The summed E-state index contributed by atoms with van der Waals surface area (Å²) in [5, 5.41) is 12.7. The molecule has 2 aromatic carbocycles. The standard InChI is InChI=1S/C24H29N5O2S2/c1-4-18-7-5-6-17(2)22(18)25-23-26-27-24(33-23)32-16-21(30)29-14-12-28(13-15-29)19-8-10-20(31-3)11-9-19/h5-11H,4,12-16H2,1-3H3,(H,25,26). The highest BCUT2D eigenvalue weighted by Gasteiger charge is 2.22. The van der Waals surface area contributed by atoms with E-state index in [1.54, 1.807) is 7.11 Å². The van der Waals surface area contributed by atoms with Crippen LogP contribution in [0, 0.1) is 6.92 Å². The summed E-state index contributed by atoms with van der Waals surface area (Å²) in [6, 6.07) is 14.3. The summed E-state index contributed by atoms with van der Waals surface area (Å²) < 4.78 is 6.03. The Labute approximate surface area is 203 Å². The molecule has 0 aliphatic carbocycles. The normalized spacial score (nSPS) is 13.8. The van der Waals surface area contributed by atoms with Gasteiger partial charge in [0.1, 0.15) is 5.75 Å². The van der Waals surface area contributed by atoms with Crippen molar-refractivity contribution in [2.75, 3.05) is 49.3 Å². The molecular weight excluding hydrogens is 454 g/mol. The number of nitrogens with one attached hydrogen (secondary N) is 1. The van der Waals surface area contributed by atoms with Crippen molar-refractivity contribution in [2.45, 2.75) is 24.6 Å². The Kier molecular flexibility index (Phi) is 7.72. The van der Waals surface area contributed by atoms with Gasteiger partial charge in [0.05, 0.1) is 12.9 Å². The molecule has 1 saturated heterocycles. The van der Waals surface area contributed by atoms with Crippen molar-refractivity contribution in [2.24, 2.45) is 0 Å². The van der Waals surface area contributed by atoms with Crippen molar-refractivity contribution in [3.05, 3.63) is 53.6 Å². The first-order chi connectivity index (χ1) is 16.1. The first-order valence-electron chi connectivity index (χ1n) is 11.1. The Morgan fingerprint density at radius 3 is 2.58 bits per heavy atom. The zero-order valence-corrected chi connectivity index (χ0v) is 20.8. The maximum Gasteiger partial charge on any atom is 0.233 e. The minimum atomic E-state index is 0.145. The molecule has 2 heterocycles. The van der Waals surface area contributed by atoms with Gasteiger partial charge in [0, 0.05) is 37.6 Å². The van der Waals surface area contributed by atoms with E-state index in [-0.39, 0.29) is 5.91 Å². The van der Waals surface area contributed by atoms with Crippen molar-refractivity contribution in [3.8, 4) is 5.75 Å². The second-order valence-corrected chi connectivity index (χ2v) is 10.0. The Morgan fingerprint density at radius 2 is 1.88 bits per heavy atom. The number of anilines is 3. The topological polar surface area (TPSA) is 70.6 Å². The number of carbonyl (C=O) groups is 1. The molecule has 9 heteroatoms. The number of thioether (sulfide) groups is 1. The van der Waals surface area contributed by atoms with E-state index in [0.29, 0.717) is 5.75 Å². The molecule has 1 N–H and O–H groups in total. The number of benzene rings is 2. The fraction of sp³-hybridized carbons (Fsp3) is 0.375. The summed E-state index contributed by atoms with van der Waals surface area (Å²) in [6.45, 7) is 7.33. The summed E-state index contributed by atoms with van der Waals surface area (Å²) in [4.78, 5) is 17.0. The highest BCUT2D eigenvalue weighted by molar-refractivity contribution is 8.01. The number of amides is 1. The number of rotatable bonds is 8. The third kappa shape index (κ3) is 5.78. The van der Waals surface area contributed by atoms with E-state index in [4.69, 9.17) is 4.74 Å². The zero-order chi connectivity index (χ0) is 23.2. The van der Waals surface area contributed by atoms with Gasteiger partial charge < -0.3 is 19.9 Å². The molecule has 0 spiro atoms. The Morgan fingerprint density at radius 1 is 1.12 bits per heavy atom. The Hall–Kier alpha value is -2.78. The van der Waals surface area contributed by atoms with Crippen molar-refractivity contribution in [1.29, 1.82) is 0 Å². The first kappa shape index (κ1) is 23.4. The third-order valence-electron chi connectivity index (χ3n) is 5.77. The number of hydrogen-bond acceptors (Lipinski definition) is 8. The highest BCUT2D eigenvalue weighted by atomic mass is 32.2. The van der Waals surface area contributed by atoms with Crippen molar-refractivity contribution in [3.63, 3.8) is 0 Å². The molecule has 3 aromatic rings. The van der Waals surface area contributed by atoms with Gasteiger partial charge in [-0.2, -0.15) is 0 Å². The summed E-state index contributed by atoms with van der Waals surface area (Å²) in [6.07, 6.45) is 0.949. The van der Waals surface area contributed by atoms with Gasteiger partial charge in [-0.3, -0.25) is 4.79 Å². The number of aryl methyl sites for hydroxylation is 2. The van der Waals surface area contributed by atoms with E-state index in [0.717, 1.165) is 59.2 Å². The maximum atomic E-state index is 12.7. The van der Waals surface area contributed by atoms with Crippen LogP contribution in [-0.4, -0.2) is 60.0 Å². The van der Waals surface area contributed by atoms with Crippen LogP contribution < -0.4 is 15.0 Å².